The summed E-state index contributed by atoms with van der Waals surface area (Å²) in [5.74, 6) is 2.63. The van der Waals surface area contributed by atoms with Crippen molar-refractivity contribution in [2.75, 3.05) is 38.3 Å². The molecule has 1 aliphatic heterocycles. The Morgan fingerprint density at radius 1 is 1.13 bits per heavy atom. The molecule has 1 aromatic carbocycles. The van der Waals surface area contributed by atoms with Gasteiger partial charge in [0.05, 0.1) is 38.0 Å². The minimum Gasteiger partial charge on any atom is -0.495 e. The standard InChI is InChI=1S/C22H24N6O2/c1-16-14-27(15-23-16)18-7-6-17(12-19(18)29-2)13-20-24-21-4-3-5-22(28(21)25-20)26-8-10-30-11-9-26/h3-7,12,14-15H,8-11,13H2,1-2H3. The summed E-state index contributed by atoms with van der Waals surface area (Å²) in [6.07, 6.45) is 4.40. The van der Waals surface area contributed by atoms with E-state index in [2.05, 4.69) is 22.0 Å². The molecule has 30 heavy (non-hydrogen) atoms. The van der Waals surface area contributed by atoms with Crippen molar-refractivity contribution in [2.24, 2.45) is 0 Å². The molecule has 8 heteroatoms. The van der Waals surface area contributed by atoms with Crippen LogP contribution < -0.4 is 9.64 Å². The van der Waals surface area contributed by atoms with E-state index in [4.69, 9.17) is 19.6 Å². The zero-order valence-corrected chi connectivity index (χ0v) is 17.2. The Morgan fingerprint density at radius 2 is 2.00 bits per heavy atom. The van der Waals surface area contributed by atoms with Crippen LogP contribution in [0.25, 0.3) is 11.3 Å². The second-order valence-corrected chi connectivity index (χ2v) is 7.39. The molecular formula is C22H24N6O2. The highest BCUT2D eigenvalue weighted by Crippen LogP contribution is 2.26. The number of benzene rings is 1. The Bertz CT molecular complexity index is 1180. The van der Waals surface area contributed by atoms with Crippen molar-refractivity contribution < 1.29 is 9.47 Å². The van der Waals surface area contributed by atoms with Crippen LogP contribution in [0.2, 0.25) is 0 Å². The number of ether oxygens (including phenoxy) is 2. The second kappa shape index (κ2) is 7.79. The number of imidazole rings is 1. The monoisotopic (exact) mass is 404 g/mol. The predicted molar refractivity (Wildman–Crippen MR) is 114 cm³/mol. The number of pyridine rings is 1. The molecular weight excluding hydrogens is 380 g/mol. The number of hydrogen-bond acceptors (Lipinski definition) is 6. The Morgan fingerprint density at radius 3 is 2.77 bits per heavy atom. The predicted octanol–water partition coefficient (Wildman–Crippen LogP) is 2.66. The summed E-state index contributed by atoms with van der Waals surface area (Å²) in [6.45, 7) is 5.17. The maximum absolute atomic E-state index is 5.63. The first kappa shape index (κ1) is 18.6. The number of fused-ring (bicyclic) bond motifs is 1. The Hall–Kier alpha value is -3.39. The molecule has 0 atom stereocenters. The van der Waals surface area contributed by atoms with Gasteiger partial charge in [-0.15, -0.1) is 5.10 Å². The third-order valence-electron chi connectivity index (χ3n) is 5.31. The second-order valence-electron chi connectivity index (χ2n) is 7.39. The summed E-state index contributed by atoms with van der Waals surface area (Å²) in [5, 5.41) is 4.79. The Kier molecular flexibility index (Phi) is 4.84. The summed E-state index contributed by atoms with van der Waals surface area (Å²) in [5.41, 5.74) is 3.87. The van der Waals surface area contributed by atoms with E-state index >= 15 is 0 Å². The van der Waals surface area contributed by atoms with Gasteiger partial charge in [0.1, 0.15) is 11.6 Å². The van der Waals surface area contributed by atoms with Crippen LogP contribution in [0, 0.1) is 6.92 Å². The molecule has 5 rings (SSSR count). The average Bonchev–Trinajstić information content (AvgIpc) is 3.39. The third kappa shape index (κ3) is 3.50. The lowest BCUT2D eigenvalue weighted by molar-refractivity contribution is 0.122. The number of aryl methyl sites for hydroxylation is 1. The maximum atomic E-state index is 5.63. The lowest BCUT2D eigenvalue weighted by Crippen LogP contribution is -2.37. The van der Waals surface area contributed by atoms with Crippen molar-refractivity contribution in [2.45, 2.75) is 13.3 Å². The molecule has 0 aliphatic carbocycles. The van der Waals surface area contributed by atoms with Gasteiger partial charge in [-0.2, -0.15) is 4.52 Å². The van der Waals surface area contributed by atoms with E-state index in [9.17, 15) is 0 Å². The van der Waals surface area contributed by atoms with Gasteiger partial charge in [0.15, 0.2) is 11.5 Å². The van der Waals surface area contributed by atoms with E-state index in [1.807, 2.05) is 46.5 Å². The van der Waals surface area contributed by atoms with E-state index in [-0.39, 0.29) is 0 Å². The Balaban J connectivity index is 1.44. The van der Waals surface area contributed by atoms with E-state index in [0.29, 0.717) is 6.42 Å². The van der Waals surface area contributed by atoms with Crippen LogP contribution in [0.15, 0.2) is 48.9 Å². The number of aromatic nitrogens is 5. The first-order chi connectivity index (χ1) is 14.7. The molecule has 0 saturated carbocycles. The number of hydrogen-bond donors (Lipinski definition) is 0. The fourth-order valence-corrected chi connectivity index (χ4v) is 3.82. The molecule has 8 nitrogen and oxygen atoms in total. The quantitative estimate of drug-likeness (QED) is 0.509. The summed E-state index contributed by atoms with van der Waals surface area (Å²) in [6, 6.07) is 12.3. The first-order valence-electron chi connectivity index (χ1n) is 10.1. The van der Waals surface area contributed by atoms with E-state index in [1.165, 1.54) is 0 Å². The van der Waals surface area contributed by atoms with E-state index in [0.717, 1.165) is 66.3 Å². The molecule has 0 N–H and O–H groups in total. The molecule has 4 aromatic rings. The van der Waals surface area contributed by atoms with Crippen LogP contribution in [-0.2, 0) is 11.2 Å². The van der Waals surface area contributed by atoms with Gasteiger partial charge in [-0.1, -0.05) is 12.1 Å². The third-order valence-corrected chi connectivity index (χ3v) is 5.31. The lowest BCUT2D eigenvalue weighted by Gasteiger charge is -2.28. The van der Waals surface area contributed by atoms with Gasteiger partial charge < -0.3 is 18.9 Å². The van der Waals surface area contributed by atoms with E-state index < -0.39 is 0 Å². The maximum Gasteiger partial charge on any atom is 0.158 e. The largest absolute Gasteiger partial charge is 0.495 e. The summed E-state index contributed by atoms with van der Waals surface area (Å²) < 4.78 is 15.0. The number of rotatable bonds is 5. The molecule has 3 aromatic heterocycles. The van der Waals surface area contributed by atoms with Crippen molar-refractivity contribution in [1.29, 1.82) is 0 Å². The molecule has 4 heterocycles. The van der Waals surface area contributed by atoms with Gasteiger partial charge in [-0.25, -0.2) is 9.97 Å². The van der Waals surface area contributed by atoms with Gasteiger partial charge >= 0.3 is 0 Å². The van der Waals surface area contributed by atoms with Crippen LogP contribution in [0.5, 0.6) is 5.75 Å². The first-order valence-corrected chi connectivity index (χ1v) is 10.1. The van der Waals surface area contributed by atoms with Gasteiger partial charge in [0.25, 0.3) is 0 Å². The van der Waals surface area contributed by atoms with Crippen LogP contribution in [0.1, 0.15) is 17.1 Å². The Labute approximate surface area is 174 Å². The molecule has 0 spiro atoms. The minimum atomic E-state index is 0.629. The smallest absolute Gasteiger partial charge is 0.158 e. The van der Waals surface area contributed by atoms with Crippen molar-refractivity contribution >= 4 is 11.5 Å². The zero-order chi connectivity index (χ0) is 20.5. The highest BCUT2D eigenvalue weighted by molar-refractivity contribution is 5.52. The fraction of sp³-hybridized carbons (Fsp3) is 0.318. The molecule has 1 fully saturated rings. The molecule has 0 radical (unpaired) electrons. The lowest BCUT2D eigenvalue weighted by atomic mass is 10.1. The number of nitrogens with zero attached hydrogens (tertiary/aromatic N) is 6. The number of anilines is 1. The zero-order valence-electron chi connectivity index (χ0n) is 17.2. The average molecular weight is 404 g/mol. The van der Waals surface area contributed by atoms with Gasteiger partial charge in [-0.05, 0) is 36.8 Å². The molecule has 1 aliphatic rings. The van der Waals surface area contributed by atoms with Crippen LogP contribution >= 0.6 is 0 Å². The van der Waals surface area contributed by atoms with Gasteiger partial charge in [0, 0.05) is 25.7 Å². The fourth-order valence-electron chi connectivity index (χ4n) is 3.82. The summed E-state index contributed by atoms with van der Waals surface area (Å²) in [7, 11) is 1.68. The van der Waals surface area contributed by atoms with Gasteiger partial charge in [-0.3, -0.25) is 0 Å². The van der Waals surface area contributed by atoms with Gasteiger partial charge in [0.2, 0.25) is 0 Å². The normalized spacial score (nSPS) is 14.4. The SMILES string of the molecule is COc1cc(Cc2nc3cccc(N4CCOCC4)n3n2)ccc1-n1cnc(C)c1. The van der Waals surface area contributed by atoms with Crippen molar-refractivity contribution in [1.82, 2.24) is 24.1 Å². The van der Waals surface area contributed by atoms with Crippen molar-refractivity contribution in [3.63, 3.8) is 0 Å². The van der Waals surface area contributed by atoms with E-state index in [1.54, 1.807) is 13.4 Å². The van der Waals surface area contributed by atoms with Crippen LogP contribution in [-0.4, -0.2) is 57.6 Å². The molecule has 0 amide bonds. The highest BCUT2D eigenvalue weighted by atomic mass is 16.5. The molecule has 154 valence electrons. The van der Waals surface area contributed by atoms with Crippen LogP contribution in [0.3, 0.4) is 0 Å². The molecule has 0 unspecified atom stereocenters. The van der Waals surface area contributed by atoms with Crippen LogP contribution in [0.4, 0.5) is 5.82 Å². The minimum absolute atomic E-state index is 0.629. The summed E-state index contributed by atoms with van der Waals surface area (Å²) >= 11 is 0. The molecule has 1 saturated heterocycles. The summed E-state index contributed by atoms with van der Waals surface area (Å²) in [4.78, 5) is 11.3. The molecule has 0 bridgehead atoms. The van der Waals surface area contributed by atoms with Crippen molar-refractivity contribution in [3.8, 4) is 11.4 Å². The highest BCUT2D eigenvalue weighted by Gasteiger charge is 2.16. The number of morpholine rings is 1. The number of methoxy groups -OCH3 is 1. The van der Waals surface area contributed by atoms with Crippen molar-refractivity contribution in [3.05, 3.63) is 66.0 Å². The topological polar surface area (TPSA) is 69.7 Å².